The summed E-state index contributed by atoms with van der Waals surface area (Å²) >= 11 is 6.28. The number of carbonyl (C=O) groups excluding carboxylic acids is 2. The molecule has 1 saturated heterocycles. The van der Waals surface area contributed by atoms with Crippen molar-refractivity contribution in [2.24, 2.45) is 0 Å². The van der Waals surface area contributed by atoms with Crippen LogP contribution in [0.2, 0.25) is 0 Å². The lowest BCUT2D eigenvalue weighted by molar-refractivity contribution is -0.143. The lowest BCUT2D eigenvalue weighted by Crippen LogP contribution is -2.33. The third-order valence-corrected chi connectivity index (χ3v) is 4.75. The topological polar surface area (TPSA) is 74.3 Å². The summed E-state index contributed by atoms with van der Waals surface area (Å²) in [5.74, 6) is 0.510. The van der Waals surface area contributed by atoms with E-state index >= 15 is 0 Å². The molecule has 0 aliphatic carbocycles. The minimum absolute atomic E-state index is 0.215. The molecule has 1 amide bonds. The first-order valence-electron chi connectivity index (χ1n) is 7.07. The maximum atomic E-state index is 12.5. The predicted molar refractivity (Wildman–Crippen MR) is 98.0 cm³/mol. The highest BCUT2D eigenvalue weighted by Gasteiger charge is 2.33. The van der Waals surface area contributed by atoms with E-state index in [4.69, 9.17) is 26.4 Å². The van der Waals surface area contributed by atoms with Gasteiger partial charge in [-0.2, -0.15) is 0 Å². The van der Waals surface area contributed by atoms with Crippen LogP contribution in [0.3, 0.4) is 0 Å². The van der Waals surface area contributed by atoms with E-state index in [0.717, 1.165) is 11.8 Å². The predicted octanol–water partition coefficient (Wildman–Crippen LogP) is 2.09. The number of rotatable bonds is 6. The monoisotopic (exact) mass is 383 g/mol. The number of hydrogen-bond donors (Lipinski definition) is 0. The number of ether oxygens (including phenoxy) is 4. The van der Waals surface area contributed by atoms with Crippen molar-refractivity contribution in [2.75, 3.05) is 35.0 Å². The summed E-state index contributed by atoms with van der Waals surface area (Å²) in [5, 5.41) is 0. The van der Waals surface area contributed by atoms with Gasteiger partial charge in [-0.25, -0.2) is 0 Å². The Morgan fingerprint density at radius 3 is 2.24 bits per heavy atom. The van der Waals surface area contributed by atoms with Gasteiger partial charge >= 0.3 is 5.97 Å². The van der Waals surface area contributed by atoms with Crippen LogP contribution in [0, 0.1) is 0 Å². The number of esters is 1. The first-order chi connectivity index (χ1) is 11.9. The number of nitrogens with zero attached hydrogens (tertiary/aromatic N) is 1. The molecule has 1 aliphatic heterocycles. The zero-order valence-corrected chi connectivity index (χ0v) is 15.8. The van der Waals surface area contributed by atoms with Crippen LogP contribution >= 0.6 is 24.0 Å². The summed E-state index contributed by atoms with van der Waals surface area (Å²) in [7, 11) is 5.79. The highest BCUT2D eigenvalue weighted by molar-refractivity contribution is 8.26. The van der Waals surface area contributed by atoms with E-state index in [0.29, 0.717) is 32.0 Å². The molecule has 0 radical (unpaired) electrons. The molecule has 0 bridgehead atoms. The van der Waals surface area contributed by atoms with Crippen LogP contribution in [0.25, 0.3) is 6.08 Å². The first-order valence-corrected chi connectivity index (χ1v) is 8.29. The third-order valence-electron chi connectivity index (χ3n) is 3.37. The van der Waals surface area contributed by atoms with E-state index in [2.05, 4.69) is 4.74 Å². The third kappa shape index (κ3) is 4.05. The van der Waals surface area contributed by atoms with Gasteiger partial charge in [0.25, 0.3) is 5.91 Å². The number of carbonyl (C=O) groups is 2. The Labute approximate surface area is 154 Å². The van der Waals surface area contributed by atoms with Crippen molar-refractivity contribution in [3.8, 4) is 17.2 Å². The van der Waals surface area contributed by atoms with E-state index in [1.165, 1.54) is 33.3 Å². The van der Waals surface area contributed by atoms with Crippen molar-refractivity contribution >= 4 is 46.3 Å². The van der Waals surface area contributed by atoms with Gasteiger partial charge < -0.3 is 18.9 Å². The Morgan fingerprint density at radius 1 is 1.16 bits per heavy atom. The molecule has 0 unspecified atom stereocenters. The molecule has 134 valence electrons. The molecule has 0 aromatic heterocycles. The van der Waals surface area contributed by atoms with Crippen molar-refractivity contribution < 1.29 is 28.5 Å². The van der Waals surface area contributed by atoms with Crippen molar-refractivity contribution in [2.45, 2.75) is 0 Å². The highest BCUT2D eigenvalue weighted by Crippen LogP contribution is 2.40. The number of hydrogen-bond acceptors (Lipinski definition) is 8. The Bertz CT molecular complexity index is 721. The number of benzene rings is 1. The van der Waals surface area contributed by atoms with Crippen molar-refractivity contribution in [3.63, 3.8) is 0 Å². The van der Waals surface area contributed by atoms with Crippen LogP contribution in [0.4, 0.5) is 0 Å². The maximum Gasteiger partial charge on any atom is 0.325 e. The van der Waals surface area contributed by atoms with Gasteiger partial charge in [0, 0.05) is 0 Å². The van der Waals surface area contributed by atoms with Crippen LogP contribution in [-0.2, 0) is 14.3 Å². The average molecular weight is 383 g/mol. The number of methoxy groups -OCH3 is 4. The van der Waals surface area contributed by atoms with Crippen molar-refractivity contribution in [1.82, 2.24) is 4.90 Å². The normalized spacial score (nSPS) is 15.5. The fourth-order valence-electron chi connectivity index (χ4n) is 2.17. The van der Waals surface area contributed by atoms with Crippen LogP contribution in [0.15, 0.2) is 17.0 Å². The fraction of sp³-hybridized carbons (Fsp3) is 0.312. The van der Waals surface area contributed by atoms with Crippen LogP contribution in [-0.4, -0.2) is 56.1 Å². The van der Waals surface area contributed by atoms with Gasteiger partial charge in [0.2, 0.25) is 5.75 Å². The van der Waals surface area contributed by atoms with Gasteiger partial charge in [0.15, 0.2) is 11.5 Å². The van der Waals surface area contributed by atoms with Crippen LogP contribution < -0.4 is 14.2 Å². The van der Waals surface area contributed by atoms with E-state index < -0.39 is 5.97 Å². The van der Waals surface area contributed by atoms with Gasteiger partial charge in [-0.3, -0.25) is 14.5 Å². The molecule has 9 heteroatoms. The minimum atomic E-state index is -0.537. The molecular weight excluding hydrogens is 366 g/mol. The van der Waals surface area contributed by atoms with E-state index in [1.54, 1.807) is 18.2 Å². The average Bonchev–Trinajstić information content (AvgIpc) is 2.87. The smallest absolute Gasteiger partial charge is 0.325 e. The number of thioether (sulfide) groups is 1. The summed E-state index contributed by atoms with van der Waals surface area (Å²) < 4.78 is 20.7. The molecule has 2 rings (SSSR count). The summed E-state index contributed by atoms with van der Waals surface area (Å²) in [5.41, 5.74) is 0.674. The van der Waals surface area contributed by atoms with E-state index in [1.807, 2.05) is 0 Å². The van der Waals surface area contributed by atoms with E-state index in [9.17, 15) is 9.59 Å². The lowest BCUT2D eigenvalue weighted by Gasteiger charge is -2.13. The molecular formula is C16H17NO6S2. The van der Waals surface area contributed by atoms with Gasteiger partial charge in [-0.05, 0) is 23.8 Å². The van der Waals surface area contributed by atoms with Gasteiger partial charge in [-0.15, -0.1) is 0 Å². The second-order valence-corrected chi connectivity index (χ2v) is 6.48. The molecule has 7 nitrogen and oxygen atoms in total. The molecule has 0 spiro atoms. The zero-order chi connectivity index (χ0) is 18.6. The quantitative estimate of drug-likeness (QED) is 0.420. The minimum Gasteiger partial charge on any atom is -0.493 e. The Balaban J connectivity index is 2.36. The highest BCUT2D eigenvalue weighted by atomic mass is 32.2. The van der Waals surface area contributed by atoms with Gasteiger partial charge in [0.1, 0.15) is 10.9 Å². The Kier molecular flexibility index (Phi) is 6.27. The largest absolute Gasteiger partial charge is 0.493 e. The van der Waals surface area contributed by atoms with Crippen molar-refractivity contribution in [3.05, 3.63) is 22.6 Å². The molecule has 25 heavy (non-hydrogen) atoms. The summed E-state index contributed by atoms with van der Waals surface area (Å²) in [6.07, 6.45) is 1.65. The molecule has 1 aromatic rings. The molecule has 1 aromatic carbocycles. The molecule has 1 heterocycles. The van der Waals surface area contributed by atoms with Crippen molar-refractivity contribution in [1.29, 1.82) is 0 Å². The molecule has 0 N–H and O–H groups in total. The SMILES string of the molecule is COC(=O)CN1C(=O)/C(=C/c2cc(OC)c(OC)c(OC)c2)SC1=S. The second-order valence-electron chi connectivity index (χ2n) is 4.80. The Hall–Kier alpha value is -2.26. The zero-order valence-electron chi connectivity index (χ0n) is 14.2. The Morgan fingerprint density at radius 2 is 1.76 bits per heavy atom. The standard InChI is InChI=1S/C16H17NO6S2/c1-20-10-5-9(6-11(21-2)14(10)23-4)7-12-15(19)17(16(24)25-12)8-13(18)22-3/h5-7H,8H2,1-4H3/b12-7-. The van der Waals surface area contributed by atoms with E-state index in [-0.39, 0.29) is 12.5 Å². The first kappa shape index (κ1) is 19.1. The molecule has 0 saturated carbocycles. The summed E-state index contributed by atoms with van der Waals surface area (Å²) in [6, 6.07) is 3.43. The van der Waals surface area contributed by atoms with Crippen LogP contribution in [0.5, 0.6) is 17.2 Å². The summed E-state index contributed by atoms with van der Waals surface area (Å²) in [6.45, 7) is -0.215. The van der Waals surface area contributed by atoms with Crippen LogP contribution in [0.1, 0.15) is 5.56 Å². The molecule has 0 atom stereocenters. The summed E-state index contributed by atoms with van der Waals surface area (Å²) in [4.78, 5) is 25.5. The lowest BCUT2D eigenvalue weighted by atomic mass is 10.1. The number of thiocarbonyl (C=S) groups is 1. The van der Waals surface area contributed by atoms with Gasteiger partial charge in [-0.1, -0.05) is 24.0 Å². The maximum absolute atomic E-state index is 12.5. The second kappa shape index (κ2) is 8.21. The van der Waals surface area contributed by atoms with Gasteiger partial charge in [0.05, 0.1) is 33.3 Å². The number of amides is 1. The molecule has 1 fully saturated rings. The molecule has 1 aliphatic rings. The fourth-order valence-corrected chi connectivity index (χ4v) is 3.42.